The summed E-state index contributed by atoms with van der Waals surface area (Å²) in [4.78, 5) is 30.7. The SMILES string of the molecule is O=C1NC(=S)N(c2ccc(Oc3ccccc3)cc2)C(=O)/C1=C/c1ccccn1. The Morgan fingerprint density at radius 3 is 2.28 bits per heavy atom. The predicted molar refractivity (Wildman–Crippen MR) is 113 cm³/mol. The second-order valence-electron chi connectivity index (χ2n) is 6.12. The average molecular weight is 401 g/mol. The summed E-state index contributed by atoms with van der Waals surface area (Å²) in [5, 5.41) is 2.58. The smallest absolute Gasteiger partial charge is 0.270 e. The topological polar surface area (TPSA) is 71.5 Å². The van der Waals surface area contributed by atoms with Gasteiger partial charge in [0.2, 0.25) is 0 Å². The van der Waals surface area contributed by atoms with Crippen molar-refractivity contribution < 1.29 is 14.3 Å². The molecule has 3 aromatic rings. The molecule has 2 aromatic carbocycles. The highest BCUT2D eigenvalue weighted by atomic mass is 32.1. The first-order chi connectivity index (χ1) is 14.1. The maximum absolute atomic E-state index is 13.0. The highest BCUT2D eigenvalue weighted by Crippen LogP contribution is 2.26. The third-order valence-electron chi connectivity index (χ3n) is 4.16. The summed E-state index contributed by atoms with van der Waals surface area (Å²) in [5.41, 5.74) is 0.986. The number of nitrogens with zero attached hydrogens (tertiary/aromatic N) is 2. The van der Waals surface area contributed by atoms with Crippen LogP contribution in [-0.2, 0) is 9.59 Å². The van der Waals surface area contributed by atoms with Crippen molar-refractivity contribution in [3.8, 4) is 11.5 Å². The molecule has 7 heteroatoms. The number of carbonyl (C=O) groups excluding carboxylic acids is 2. The third-order valence-corrected chi connectivity index (χ3v) is 4.44. The minimum Gasteiger partial charge on any atom is -0.457 e. The van der Waals surface area contributed by atoms with Crippen molar-refractivity contribution in [3.05, 3.63) is 90.3 Å². The molecule has 1 N–H and O–H groups in total. The number of pyridine rings is 1. The molecule has 1 fully saturated rings. The molecule has 0 bridgehead atoms. The first-order valence-corrected chi connectivity index (χ1v) is 9.18. The van der Waals surface area contributed by atoms with E-state index in [2.05, 4.69) is 10.3 Å². The van der Waals surface area contributed by atoms with Crippen LogP contribution < -0.4 is 15.0 Å². The number of thiocarbonyl (C=S) groups is 1. The summed E-state index contributed by atoms with van der Waals surface area (Å²) >= 11 is 5.22. The Labute approximate surface area is 172 Å². The Bertz CT molecular complexity index is 1100. The van der Waals surface area contributed by atoms with Crippen molar-refractivity contribution in [1.82, 2.24) is 10.3 Å². The first-order valence-electron chi connectivity index (χ1n) is 8.77. The summed E-state index contributed by atoms with van der Waals surface area (Å²) in [6.45, 7) is 0. The number of carbonyl (C=O) groups is 2. The van der Waals surface area contributed by atoms with Crippen molar-refractivity contribution in [3.63, 3.8) is 0 Å². The third kappa shape index (κ3) is 4.04. The Morgan fingerprint density at radius 1 is 0.897 bits per heavy atom. The molecular formula is C22H15N3O3S. The van der Waals surface area contributed by atoms with Crippen molar-refractivity contribution in [2.75, 3.05) is 4.90 Å². The summed E-state index contributed by atoms with van der Waals surface area (Å²) in [7, 11) is 0. The van der Waals surface area contributed by atoms with Crippen molar-refractivity contribution in [2.24, 2.45) is 0 Å². The number of rotatable bonds is 4. The largest absolute Gasteiger partial charge is 0.457 e. The fraction of sp³-hybridized carbons (Fsp3) is 0. The zero-order chi connectivity index (χ0) is 20.2. The quantitative estimate of drug-likeness (QED) is 0.410. The lowest BCUT2D eigenvalue weighted by Crippen LogP contribution is -2.54. The van der Waals surface area contributed by atoms with Crippen LogP contribution in [0.2, 0.25) is 0 Å². The minimum atomic E-state index is -0.550. The van der Waals surface area contributed by atoms with E-state index in [0.29, 0.717) is 22.9 Å². The van der Waals surface area contributed by atoms with Crippen LogP contribution >= 0.6 is 12.2 Å². The standard InChI is InChI=1S/C22H15N3O3S/c26-20-19(14-15-6-4-5-13-23-15)21(27)25(22(29)24-20)16-9-11-18(12-10-16)28-17-7-2-1-3-8-17/h1-14H,(H,24,26,29)/b19-14+. The van der Waals surface area contributed by atoms with Gasteiger partial charge in [-0.15, -0.1) is 0 Å². The number of anilines is 1. The van der Waals surface area contributed by atoms with Crippen molar-refractivity contribution in [1.29, 1.82) is 0 Å². The number of amides is 2. The molecule has 142 valence electrons. The van der Waals surface area contributed by atoms with E-state index in [4.69, 9.17) is 17.0 Å². The Kier molecular flexibility index (Phi) is 5.13. The molecule has 4 rings (SSSR count). The van der Waals surface area contributed by atoms with E-state index in [1.54, 1.807) is 48.7 Å². The number of nitrogens with one attached hydrogen (secondary N) is 1. The lowest BCUT2D eigenvalue weighted by atomic mass is 10.1. The normalized spacial score (nSPS) is 15.4. The molecular weight excluding hydrogens is 386 g/mol. The Hall–Kier alpha value is -3.84. The van der Waals surface area contributed by atoms with Crippen molar-refractivity contribution >= 4 is 40.9 Å². The van der Waals surface area contributed by atoms with E-state index in [9.17, 15) is 9.59 Å². The lowest BCUT2D eigenvalue weighted by Gasteiger charge is -2.29. The average Bonchev–Trinajstić information content (AvgIpc) is 2.74. The lowest BCUT2D eigenvalue weighted by molar-refractivity contribution is -0.122. The summed E-state index contributed by atoms with van der Waals surface area (Å²) in [5.74, 6) is 0.258. The molecule has 29 heavy (non-hydrogen) atoms. The number of hydrogen-bond acceptors (Lipinski definition) is 5. The maximum atomic E-state index is 13.0. The van der Waals surface area contributed by atoms with Gasteiger partial charge in [-0.3, -0.25) is 24.8 Å². The monoisotopic (exact) mass is 401 g/mol. The van der Waals surface area contributed by atoms with Gasteiger partial charge < -0.3 is 4.74 Å². The zero-order valence-corrected chi connectivity index (χ0v) is 15.9. The van der Waals surface area contributed by atoms with Gasteiger partial charge in [-0.05, 0) is 66.8 Å². The summed E-state index contributed by atoms with van der Waals surface area (Å²) in [6.07, 6.45) is 3.03. The van der Waals surface area contributed by atoms with E-state index in [0.717, 1.165) is 0 Å². The number of hydrogen-bond donors (Lipinski definition) is 1. The molecule has 0 spiro atoms. The molecule has 1 aliphatic rings. The Balaban J connectivity index is 1.60. The molecule has 6 nitrogen and oxygen atoms in total. The van der Waals surface area contributed by atoms with Gasteiger partial charge in [-0.2, -0.15) is 0 Å². The van der Waals surface area contributed by atoms with Gasteiger partial charge in [-0.25, -0.2) is 0 Å². The van der Waals surface area contributed by atoms with E-state index in [-0.39, 0.29) is 10.7 Å². The van der Waals surface area contributed by atoms with Crippen LogP contribution in [0.25, 0.3) is 6.08 Å². The first kappa shape index (κ1) is 18.5. The molecule has 0 unspecified atom stereocenters. The maximum Gasteiger partial charge on any atom is 0.270 e. The Morgan fingerprint density at radius 2 is 1.59 bits per heavy atom. The molecule has 1 aliphatic heterocycles. The van der Waals surface area contributed by atoms with E-state index < -0.39 is 11.8 Å². The van der Waals surface area contributed by atoms with Crippen LogP contribution in [-0.4, -0.2) is 21.9 Å². The highest BCUT2D eigenvalue weighted by Gasteiger charge is 2.34. The van der Waals surface area contributed by atoms with E-state index >= 15 is 0 Å². The molecule has 0 aliphatic carbocycles. The van der Waals surface area contributed by atoms with Crippen LogP contribution in [0.1, 0.15) is 5.69 Å². The summed E-state index contributed by atoms with van der Waals surface area (Å²) < 4.78 is 5.77. The number of benzene rings is 2. The van der Waals surface area contributed by atoms with Gasteiger partial charge in [-0.1, -0.05) is 24.3 Å². The number of aromatic nitrogens is 1. The van der Waals surface area contributed by atoms with E-state index in [1.807, 2.05) is 30.3 Å². The van der Waals surface area contributed by atoms with Gasteiger partial charge in [0.25, 0.3) is 11.8 Å². The fourth-order valence-electron chi connectivity index (χ4n) is 2.79. The van der Waals surface area contributed by atoms with Crippen molar-refractivity contribution in [2.45, 2.75) is 0 Å². The minimum absolute atomic E-state index is 0.0231. The molecule has 0 saturated carbocycles. The van der Waals surface area contributed by atoms with Gasteiger partial charge in [0.15, 0.2) is 5.11 Å². The molecule has 0 radical (unpaired) electrons. The predicted octanol–water partition coefficient (Wildman–Crippen LogP) is 3.71. The van der Waals surface area contributed by atoms with E-state index in [1.165, 1.54) is 11.0 Å². The molecule has 2 heterocycles. The molecule has 1 saturated heterocycles. The second-order valence-corrected chi connectivity index (χ2v) is 6.51. The van der Waals surface area contributed by atoms with Crippen LogP contribution in [0, 0.1) is 0 Å². The second kappa shape index (κ2) is 8.04. The van der Waals surface area contributed by atoms with Gasteiger partial charge >= 0.3 is 0 Å². The van der Waals surface area contributed by atoms with Gasteiger partial charge in [0.1, 0.15) is 17.1 Å². The molecule has 1 aromatic heterocycles. The molecule has 0 atom stereocenters. The van der Waals surface area contributed by atoms with Crippen LogP contribution in [0.3, 0.4) is 0 Å². The van der Waals surface area contributed by atoms with Crippen LogP contribution in [0.15, 0.2) is 84.6 Å². The van der Waals surface area contributed by atoms with Gasteiger partial charge in [0, 0.05) is 6.20 Å². The number of ether oxygens (including phenoxy) is 1. The van der Waals surface area contributed by atoms with Crippen LogP contribution in [0.4, 0.5) is 5.69 Å². The van der Waals surface area contributed by atoms with Crippen LogP contribution in [0.5, 0.6) is 11.5 Å². The zero-order valence-electron chi connectivity index (χ0n) is 15.1. The highest BCUT2D eigenvalue weighted by molar-refractivity contribution is 7.80. The summed E-state index contributed by atoms with van der Waals surface area (Å²) in [6, 6.07) is 21.5. The molecule has 2 amide bonds. The number of para-hydroxylation sites is 1. The van der Waals surface area contributed by atoms with Gasteiger partial charge in [0.05, 0.1) is 11.4 Å². The fourth-order valence-corrected chi connectivity index (χ4v) is 3.07.